The van der Waals surface area contributed by atoms with Crippen LogP contribution in [-0.4, -0.2) is 10.1 Å². The van der Waals surface area contributed by atoms with E-state index in [4.69, 9.17) is 10.3 Å². The molecule has 0 atom stereocenters. The van der Waals surface area contributed by atoms with Gasteiger partial charge < -0.3 is 10.3 Å². The van der Waals surface area contributed by atoms with E-state index in [1.165, 1.54) is 38.5 Å². The largest absolute Gasteiger partial charge is 0.339 e. The van der Waals surface area contributed by atoms with Crippen molar-refractivity contribution in [3.63, 3.8) is 0 Å². The summed E-state index contributed by atoms with van der Waals surface area (Å²) in [6.07, 6.45) is 10.6. The zero-order valence-corrected chi connectivity index (χ0v) is 13.1. The third-order valence-corrected chi connectivity index (χ3v) is 5.01. The first-order chi connectivity index (χ1) is 9.16. The molecule has 4 nitrogen and oxygen atoms in total. The Bertz CT molecular complexity index is 421. The lowest BCUT2D eigenvalue weighted by atomic mass is 9.81. The third kappa shape index (κ3) is 3.34. The number of hydrogen-bond acceptors (Lipinski definition) is 4. The highest BCUT2D eigenvalue weighted by molar-refractivity contribution is 5.85. The first kappa shape index (κ1) is 15.8. The van der Waals surface area contributed by atoms with Crippen LogP contribution in [0.3, 0.4) is 0 Å². The van der Waals surface area contributed by atoms with Crippen molar-refractivity contribution in [1.82, 2.24) is 10.1 Å². The average Bonchev–Trinajstić information content (AvgIpc) is 3.02. The van der Waals surface area contributed by atoms with E-state index >= 15 is 0 Å². The lowest BCUT2D eigenvalue weighted by molar-refractivity contribution is 0.263. The number of halogens is 1. The minimum Gasteiger partial charge on any atom is -0.339 e. The van der Waals surface area contributed by atoms with Crippen LogP contribution in [0.5, 0.6) is 0 Å². The summed E-state index contributed by atoms with van der Waals surface area (Å²) in [5, 5.41) is 4.14. The normalized spacial score (nSPS) is 29.1. The summed E-state index contributed by atoms with van der Waals surface area (Å²) in [6.45, 7) is 2.35. The van der Waals surface area contributed by atoms with E-state index in [1.54, 1.807) is 0 Å². The zero-order chi connectivity index (χ0) is 13.3. The Morgan fingerprint density at radius 3 is 2.50 bits per heavy atom. The van der Waals surface area contributed by atoms with Gasteiger partial charge in [-0.15, -0.1) is 12.4 Å². The van der Waals surface area contributed by atoms with Crippen molar-refractivity contribution in [3.8, 4) is 0 Å². The monoisotopic (exact) mass is 299 g/mol. The van der Waals surface area contributed by atoms with Gasteiger partial charge in [-0.25, -0.2) is 0 Å². The molecule has 0 spiro atoms. The molecule has 2 aliphatic carbocycles. The molecule has 0 aromatic carbocycles. The molecule has 1 aromatic heterocycles. The summed E-state index contributed by atoms with van der Waals surface area (Å²) >= 11 is 0. The molecule has 1 heterocycles. The Morgan fingerprint density at radius 2 is 1.85 bits per heavy atom. The summed E-state index contributed by atoms with van der Waals surface area (Å²) in [5.74, 6) is 3.15. The smallest absolute Gasteiger partial charge is 0.226 e. The van der Waals surface area contributed by atoms with Crippen LogP contribution in [0.1, 0.15) is 70.0 Å². The number of nitrogens with zero attached hydrogens (tertiary/aromatic N) is 2. The molecule has 1 aromatic rings. The van der Waals surface area contributed by atoms with Gasteiger partial charge in [-0.05, 0) is 37.5 Å². The SMILES string of the molecule is CC1CCC(Cc2nc(C3(N)CCCC3)no2)CC1.Cl. The lowest BCUT2D eigenvalue weighted by Gasteiger charge is -2.24. The molecule has 0 saturated heterocycles. The number of rotatable bonds is 3. The molecule has 3 rings (SSSR count). The Kier molecular flexibility index (Phi) is 5.08. The molecule has 2 N–H and O–H groups in total. The fourth-order valence-electron chi connectivity index (χ4n) is 3.55. The quantitative estimate of drug-likeness (QED) is 0.926. The Labute approximate surface area is 127 Å². The molecular weight excluding hydrogens is 274 g/mol. The maximum Gasteiger partial charge on any atom is 0.226 e. The van der Waals surface area contributed by atoms with E-state index in [9.17, 15) is 0 Å². The number of nitrogens with two attached hydrogens (primary N) is 1. The van der Waals surface area contributed by atoms with Gasteiger partial charge in [0.15, 0.2) is 5.82 Å². The second-order valence-electron chi connectivity index (χ2n) is 6.70. The van der Waals surface area contributed by atoms with E-state index < -0.39 is 0 Å². The Hall–Kier alpha value is -0.610. The Balaban J connectivity index is 0.00000147. The summed E-state index contributed by atoms with van der Waals surface area (Å²) in [6, 6.07) is 0. The molecule has 0 aliphatic heterocycles. The van der Waals surface area contributed by atoms with Crippen LogP contribution in [0, 0.1) is 11.8 Å². The topological polar surface area (TPSA) is 64.9 Å². The maximum atomic E-state index is 6.36. The van der Waals surface area contributed by atoms with Gasteiger partial charge in [-0.1, -0.05) is 37.8 Å². The molecule has 2 aliphatic rings. The average molecular weight is 300 g/mol. The van der Waals surface area contributed by atoms with Crippen molar-refractivity contribution in [2.45, 2.75) is 70.3 Å². The lowest BCUT2D eigenvalue weighted by Crippen LogP contribution is -2.34. The summed E-state index contributed by atoms with van der Waals surface area (Å²) in [4.78, 5) is 4.57. The van der Waals surface area contributed by atoms with Gasteiger partial charge in [0.05, 0.1) is 5.54 Å². The van der Waals surface area contributed by atoms with Crippen molar-refractivity contribution < 1.29 is 4.52 Å². The molecule has 20 heavy (non-hydrogen) atoms. The molecule has 0 bridgehead atoms. The highest BCUT2D eigenvalue weighted by Gasteiger charge is 2.36. The first-order valence-electron chi connectivity index (χ1n) is 7.78. The van der Waals surface area contributed by atoms with Crippen molar-refractivity contribution >= 4 is 12.4 Å². The summed E-state index contributed by atoms with van der Waals surface area (Å²) in [5.41, 5.74) is 6.04. The van der Waals surface area contributed by atoms with Crippen LogP contribution >= 0.6 is 12.4 Å². The molecule has 2 fully saturated rings. The van der Waals surface area contributed by atoms with Crippen molar-refractivity contribution in [3.05, 3.63) is 11.7 Å². The van der Waals surface area contributed by atoms with Crippen LogP contribution in [-0.2, 0) is 12.0 Å². The maximum absolute atomic E-state index is 6.36. The number of aromatic nitrogens is 2. The standard InChI is InChI=1S/C15H25N3O.ClH/c1-11-4-6-12(7-5-11)10-13-17-14(18-19-13)15(16)8-2-3-9-15;/h11-12H,2-10,16H2,1H3;1H. The first-order valence-corrected chi connectivity index (χ1v) is 7.78. The van der Waals surface area contributed by atoms with Crippen LogP contribution in [0.15, 0.2) is 4.52 Å². The molecule has 0 unspecified atom stereocenters. The van der Waals surface area contributed by atoms with Crippen LogP contribution in [0.2, 0.25) is 0 Å². The van der Waals surface area contributed by atoms with E-state index in [2.05, 4.69) is 17.1 Å². The van der Waals surface area contributed by atoms with Gasteiger partial charge in [-0.2, -0.15) is 4.98 Å². The van der Waals surface area contributed by atoms with E-state index in [1.807, 2.05) is 0 Å². The van der Waals surface area contributed by atoms with Gasteiger partial charge in [0, 0.05) is 6.42 Å². The second-order valence-corrected chi connectivity index (χ2v) is 6.70. The van der Waals surface area contributed by atoms with Gasteiger partial charge >= 0.3 is 0 Å². The summed E-state index contributed by atoms with van der Waals surface area (Å²) < 4.78 is 5.43. The van der Waals surface area contributed by atoms with Gasteiger partial charge in [0.1, 0.15) is 0 Å². The second kappa shape index (κ2) is 6.44. The fraction of sp³-hybridized carbons (Fsp3) is 0.867. The number of hydrogen-bond donors (Lipinski definition) is 1. The van der Waals surface area contributed by atoms with E-state index in [0.717, 1.165) is 42.8 Å². The van der Waals surface area contributed by atoms with Crippen molar-refractivity contribution in [1.29, 1.82) is 0 Å². The van der Waals surface area contributed by atoms with Crippen LogP contribution in [0.25, 0.3) is 0 Å². The van der Waals surface area contributed by atoms with Crippen LogP contribution < -0.4 is 5.73 Å². The predicted octanol–water partition coefficient (Wildman–Crippen LogP) is 3.59. The molecule has 5 heteroatoms. The highest BCUT2D eigenvalue weighted by Crippen LogP contribution is 2.35. The van der Waals surface area contributed by atoms with Gasteiger partial charge in [-0.3, -0.25) is 0 Å². The molecule has 0 amide bonds. The van der Waals surface area contributed by atoms with E-state index in [-0.39, 0.29) is 17.9 Å². The fourth-order valence-corrected chi connectivity index (χ4v) is 3.55. The molecule has 114 valence electrons. The van der Waals surface area contributed by atoms with Crippen molar-refractivity contribution in [2.75, 3.05) is 0 Å². The van der Waals surface area contributed by atoms with Gasteiger partial charge in [0.2, 0.25) is 5.89 Å². The minimum atomic E-state index is -0.317. The van der Waals surface area contributed by atoms with E-state index in [0.29, 0.717) is 0 Å². The molecule has 2 saturated carbocycles. The highest BCUT2D eigenvalue weighted by atomic mass is 35.5. The minimum absolute atomic E-state index is 0. The predicted molar refractivity (Wildman–Crippen MR) is 80.7 cm³/mol. The van der Waals surface area contributed by atoms with Crippen molar-refractivity contribution in [2.24, 2.45) is 17.6 Å². The van der Waals surface area contributed by atoms with Crippen LogP contribution in [0.4, 0.5) is 0 Å². The summed E-state index contributed by atoms with van der Waals surface area (Å²) in [7, 11) is 0. The van der Waals surface area contributed by atoms with Gasteiger partial charge in [0.25, 0.3) is 0 Å². The molecular formula is C15H26ClN3O. The molecule has 0 radical (unpaired) electrons. The zero-order valence-electron chi connectivity index (χ0n) is 12.3. The Morgan fingerprint density at radius 1 is 1.20 bits per heavy atom. The third-order valence-electron chi connectivity index (χ3n) is 5.01.